The maximum Gasteiger partial charge on any atom is 0.250 e. The lowest BCUT2D eigenvalue weighted by atomic mass is 10.1. The molecule has 1 amide bonds. The minimum absolute atomic E-state index is 0.336. The van der Waals surface area contributed by atoms with E-state index < -0.39 is 5.91 Å². The predicted octanol–water partition coefficient (Wildman–Crippen LogP) is 3.85. The Bertz CT molecular complexity index is 885. The third-order valence-electron chi connectivity index (χ3n) is 4.12. The topological polar surface area (TPSA) is 90.4 Å². The van der Waals surface area contributed by atoms with Gasteiger partial charge in [-0.1, -0.05) is 19.9 Å². The summed E-state index contributed by atoms with van der Waals surface area (Å²) in [6, 6.07) is 9.01. The van der Waals surface area contributed by atoms with Crippen LogP contribution < -0.4 is 15.8 Å². The Morgan fingerprint density at radius 3 is 2.81 bits per heavy atom. The molecule has 0 radical (unpaired) electrons. The second kappa shape index (κ2) is 8.01. The Hall–Kier alpha value is -2.86. The van der Waals surface area contributed by atoms with E-state index in [9.17, 15) is 4.79 Å². The van der Waals surface area contributed by atoms with Gasteiger partial charge in [0.1, 0.15) is 0 Å². The number of amides is 1. The zero-order chi connectivity index (χ0) is 18.5. The Morgan fingerprint density at radius 1 is 1.27 bits per heavy atom. The minimum Gasteiger partial charge on any atom is -0.460 e. The fourth-order valence-electron chi connectivity index (χ4n) is 2.64. The summed E-state index contributed by atoms with van der Waals surface area (Å²) < 4.78 is 11.4. The summed E-state index contributed by atoms with van der Waals surface area (Å²) in [6.45, 7) is 6.18. The number of benzene rings is 1. The van der Waals surface area contributed by atoms with E-state index in [0.29, 0.717) is 28.7 Å². The fraction of sp³-hybridized carbons (Fsp3) is 0.300. The van der Waals surface area contributed by atoms with E-state index in [1.165, 1.54) is 6.20 Å². The maximum atomic E-state index is 11.1. The van der Waals surface area contributed by atoms with Crippen molar-refractivity contribution in [3.63, 3.8) is 0 Å². The lowest BCUT2D eigenvalue weighted by Gasteiger charge is -2.10. The average molecular weight is 353 g/mol. The number of carbonyl (C=O) groups is 1. The number of hydrogen-bond donors (Lipinski definition) is 2. The van der Waals surface area contributed by atoms with Crippen LogP contribution in [0.3, 0.4) is 0 Å². The van der Waals surface area contributed by atoms with Crippen LogP contribution in [0.5, 0.6) is 11.6 Å². The van der Waals surface area contributed by atoms with Crippen LogP contribution in [0.25, 0.3) is 11.0 Å². The van der Waals surface area contributed by atoms with Gasteiger partial charge in [-0.15, -0.1) is 0 Å². The molecule has 0 aliphatic rings. The van der Waals surface area contributed by atoms with Crippen LogP contribution in [-0.2, 0) is 6.54 Å². The number of fused-ring (bicyclic) bond motifs is 1. The van der Waals surface area contributed by atoms with Crippen molar-refractivity contribution in [2.45, 2.75) is 26.8 Å². The van der Waals surface area contributed by atoms with E-state index in [2.05, 4.69) is 24.1 Å². The molecule has 0 bridgehead atoms. The first-order valence-corrected chi connectivity index (χ1v) is 8.68. The van der Waals surface area contributed by atoms with Crippen LogP contribution in [-0.4, -0.2) is 17.4 Å². The first-order valence-electron chi connectivity index (χ1n) is 8.68. The summed E-state index contributed by atoms with van der Waals surface area (Å²) in [5, 5.41) is 4.47. The van der Waals surface area contributed by atoms with Gasteiger partial charge in [-0.25, -0.2) is 4.98 Å². The third-order valence-corrected chi connectivity index (χ3v) is 4.12. The third kappa shape index (κ3) is 4.21. The van der Waals surface area contributed by atoms with Gasteiger partial charge >= 0.3 is 0 Å². The number of hydrogen-bond acceptors (Lipinski definition) is 5. The SMILES string of the molecule is CC(C)CCNCc1ccc(Oc2ccc(C(N)=O)cn2)c2occc12. The van der Waals surface area contributed by atoms with E-state index in [4.69, 9.17) is 14.9 Å². The van der Waals surface area contributed by atoms with Crippen molar-refractivity contribution in [2.75, 3.05) is 6.54 Å². The van der Waals surface area contributed by atoms with E-state index in [0.717, 1.165) is 30.5 Å². The number of rotatable bonds is 8. The molecule has 3 aromatic rings. The number of aromatic nitrogens is 1. The van der Waals surface area contributed by atoms with Crippen molar-refractivity contribution in [3.8, 4) is 11.6 Å². The first-order chi connectivity index (χ1) is 12.5. The summed E-state index contributed by atoms with van der Waals surface area (Å²) in [7, 11) is 0. The molecule has 0 saturated heterocycles. The number of nitrogens with zero attached hydrogens (tertiary/aromatic N) is 1. The van der Waals surface area contributed by atoms with Gasteiger partial charge in [0, 0.05) is 24.2 Å². The molecular weight excluding hydrogens is 330 g/mol. The molecule has 136 valence electrons. The van der Waals surface area contributed by atoms with Gasteiger partial charge in [-0.2, -0.15) is 0 Å². The fourth-order valence-corrected chi connectivity index (χ4v) is 2.64. The van der Waals surface area contributed by atoms with E-state index in [1.54, 1.807) is 18.4 Å². The van der Waals surface area contributed by atoms with Gasteiger partial charge < -0.3 is 20.2 Å². The summed E-state index contributed by atoms with van der Waals surface area (Å²) in [4.78, 5) is 15.2. The minimum atomic E-state index is -0.521. The maximum absolute atomic E-state index is 11.1. The van der Waals surface area contributed by atoms with Crippen molar-refractivity contribution in [3.05, 3.63) is 53.9 Å². The van der Waals surface area contributed by atoms with Crippen molar-refractivity contribution in [1.29, 1.82) is 0 Å². The highest BCUT2D eigenvalue weighted by Crippen LogP contribution is 2.32. The van der Waals surface area contributed by atoms with Crippen molar-refractivity contribution in [1.82, 2.24) is 10.3 Å². The first kappa shape index (κ1) is 17.9. The van der Waals surface area contributed by atoms with Gasteiger partial charge in [-0.05, 0) is 42.6 Å². The van der Waals surface area contributed by atoms with E-state index in [-0.39, 0.29) is 0 Å². The molecular formula is C20H23N3O3. The Labute approximate surface area is 152 Å². The van der Waals surface area contributed by atoms with Gasteiger partial charge in [0.2, 0.25) is 11.8 Å². The smallest absolute Gasteiger partial charge is 0.250 e. The van der Waals surface area contributed by atoms with Gasteiger partial charge in [0.15, 0.2) is 11.3 Å². The van der Waals surface area contributed by atoms with Crippen molar-refractivity contribution >= 4 is 16.9 Å². The molecule has 3 rings (SSSR count). The molecule has 0 atom stereocenters. The van der Waals surface area contributed by atoms with Gasteiger partial charge in [-0.3, -0.25) is 4.79 Å². The van der Waals surface area contributed by atoms with Crippen molar-refractivity contribution in [2.24, 2.45) is 11.7 Å². The van der Waals surface area contributed by atoms with Crippen LogP contribution >= 0.6 is 0 Å². The zero-order valence-corrected chi connectivity index (χ0v) is 15.0. The summed E-state index contributed by atoms with van der Waals surface area (Å²) >= 11 is 0. The molecule has 0 fully saturated rings. The highest BCUT2D eigenvalue weighted by molar-refractivity contribution is 5.92. The number of primary amides is 1. The average Bonchev–Trinajstić information content (AvgIpc) is 3.11. The van der Waals surface area contributed by atoms with Crippen LogP contribution in [0.15, 0.2) is 47.2 Å². The van der Waals surface area contributed by atoms with Crippen LogP contribution in [0.4, 0.5) is 0 Å². The van der Waals surface area contributed by atoms with Gasteiger partial charge in [0.25, 0.3) is 0 Å². The normalized spacial score (nSPS) is 11.2. The molecule has 2 heterocycles. The molecule has 1 aromatic carbocycles. The number of pyridine rings is 1. The molecule has 0 aliphatic heterocycles. The number of carbonyl (C=O) groups excluding carboxylic acids is 1. The van der Waals surface area contributed by atoms with Crippen LogP contribution in [0, 0.1) is 5.92 Å². The molecule has 2 aromatic heterocycles. The number of nitrogens with two attached hydrogens (primary N) is 1. The largest absolute Gasteiger partial charge is 0.460 e. The van der Waals surface area contributed by atoms with E-state index >= 15 is 0 Å². The summed E-state index contributed by atoms with van der Waals surface area (Å²) in [5.41, 5.74) is 7.39. The number of ether oxygens (including phenoxy) is 1. The molecule has 26 heavy (non-hydrogen) atoms. The van der Waals surface area contributed by atoms with Crippen molar-refractivity contribution < 1.29 is 13.9 Å². The predicted molar refractivity (Wildman–Crippen MR) is 100 cm³/mol. The molecule has 0 unspecified atom stereocenters. The van der Waals surface area contributed by atoms with Crippen LogP contribution in [0.2, 0.25) is 0 Å². The molecule has 3 N–H and O–H groups in total. The summed E-state index contributed by atoms with van der Waals surface area (Å²) in [6.07, 6.45) is 4.19. The van der Waals surface area contributed by atoms with E-state index in [1.807, 2.05) is 18.2 Å². The van der Waals surface area contributed by atoms with Gasteiger partial charge in [0.05, 0.1) is 11.8 Å². The highest BCUT2D eigenvalue weighted by Gasteiger charge is 2.12. The van der Waals surface area contributed by atoms with Crippen LogP contribution in [0.1, 0.15) is 36.2 Å². The highest BCUT2D eigenvalue weighted by atomic mass is 16.5. The quantitative estimate of drug-likeness (QED) is 0.600. The second-order valence-electron chi connectivity index (χ2n) is 6.60. The Morgan fingerprint density at radius 2 is 2.12 bits per heavy atom. The molecule has 6 heteroatoms. The zero-order valence-electron chi connectivity index (χ0n) is 15.0. The molecule has 6 nitrogen and oxygen atoms in total. The Balaban J connectivity index is 1.75. The second-order valence-corrected chi connectivity index (χ2v) is 6.60. The number of nitrogens with one attached hydrogen (secondary N) is 1. The summed E-state index contributed by atoms with van der Waals surface area (Å²) in [5.74, 6) is 1.11. The molecule has 0 spiro atoms. The lowest BCUT2D eigenvalue weighted by molar-refractivity contribution is 0.1000. The lowest BCUT2D eigenvalue weighted by Crippen LogP contribution is -2.16. The molecule has 0 saturated carbocycles. The molecule has 0 aliphatic carbocycles. The Kier molecular flexibility index (Phi) is 5.53. The standard InChI is InChI=1S/C20H23N3O3/c1-13(2)7-9-22-11-14-3-5-17(19-16(14)8-10-25-19)26-18-6-4-15(12-23-18)20(21)24/h3-6,8,10,12-13,22H,7,9,11H2,1-2H3,(H2,21,24). The monoisotopic (exact) mass is 353 g/mol. The number of furan rings is 1.